The molecule has 0 saturated carbocycles. The number of rotatable bonds is 2. The van der Waals surface area contributed by atoms with Gasteiger partial charge in [-0.2, -0.15) is 8.42 Å². The third-order valence-corrected chi connectivity index (χ3v) is 3.64. The van der Waals surface area contributed by atoms with Gasteiger partial charge >= 0.3 is 0 Å². The highest BCUT2D eigenvalue weighted by Gasteiger charge is 2.16. The summed E-state index contributed by atoms with van der Waals surface area (Å²) in [6.45, 7) is 1.32. The van der Waals surface area contributed by atoms with Crippen LogP contribution in [-0.2, 0) is 10.1 Å². The molecule has 0 aromatic heterocycles. The highest BCUT2D eigenvalue weighted by Crippen LogP contribution is 2.34. The van der Waals surface area contributed by atoms with Crippen molar-refractivity contribution in [3.05, 3.63) is 29.8 Å². The minimum Gasteiger partial charge on any atom is -0.507 e. The molecule has 2 aromatic carbocycles. The van der Waals surface area contributed by atoms with Crippen LogP contribution >= 0.6 is 0 Å². The Morgan fingerprint density at radius 3 is 2.37 bits per heavy atom. The summed E-state index contributed by atoms with van der Waals surface area (Å²) in [7, 11) is -4.47. The second-order valence-corrected chi connectivity index (χ2v) is 5.52. The maximum atomic E-state index is 11.4. The fraction of sp³-hybridized carbons (Fsp3) is 0.0833. The van der Waals surface area contributed by atoms with Crippen molar-refractivity contribution in [1.29, 1.82) is 0 Å². The number of carbonyl (C=O) groups is 1. The molecule has 0 spiro atoms. The minimum atomic E-state index is -4.47. The van der Waals surface area contributed by atoms with Gasteiger partial charge in [-0.05, 0) is 25.1 Å². The van der Waals surface area contributed by atoms with Crippen molar-refractivity contribution in [2.24, 2.45) is 0 Å². The van der Waals surface area contributed by atoms with Crippen LogP contribution in [0.15, 0.2) is 29.2 Å². The maximum Gasteiger partial charge on any atom is 0.294 e. The number of carbonyl (C=O) groups excluding carboxylic acids is 1. The third-order valence-electron chi connectivity index (χ3n) is 2.81. The van der Waals surface area contributed by atoms with Crippen molar-refractivity contribution < 1.29 is 22.9 Å². The summed E-state index contributed by atoms with van der Waals surface area (Å²) in [5.41, 5.74) is 6.08. The SMILES string of the molecule is CC(=O)c1ccc2c(O)cc(S(=O)(=O)O)cc2c1N. The topological polar surface area (TPSA) is 118 Å². The average molecular weight is 281 g/mol. The van der Waals surface area contributed by atoms with Crippen LogP contribution in [0.1, 0.15) is 17.3 Å². The van der Waals surface area contributed by atoms with Crippen LogP contribution in [-0.4, -0.2) is 23.9 Å². The molecule has 2 rings (SSSR count). The molecule has 0 heterocycles. The number of phenolic OH excluding ortho intramolecular Hbond substituents is 1. The number of anilines is 1. The Labute approximate surface area is 109 Å². The van der Waals surface area contributed by atoms with Gasteiger partial charge in [-0.1, -0.05) is 0 Å². The minimum absolute atomic E-state index is 0.0609. The lowest BCUT2D eigenvalue weighted by Crippen LogP contribution is -2.02. The molecule has 19 heavy (non-hydrogen) atoms. The Morgan fingerprint density at radius 2 is 1.84 bits per heavy atom. The average Bonchev–Trinajstić information content (AvgIpc) is 2.28. The Morgan fingerprint density at radius 1 is 1.21 bits per heavy atom. The van der Waals surface area contributed by atoms with Crippen molar-refractivity contribution in [2.75, 3.05) is 5.73 Å². The van der Waals surface area contributed by atoms with Crippen molar-refractivity contribution in [3.8, 4) is 5.75 Å². The Balaban J connectivity index is 2.92. The van der Waals surface area contributed by atoms with Gasteiger partial charge in [-0.3, -0.25) is 9.35 Å². The zero-order valence-corrected chi connectivity index (χ0v) is 10.7. The standard InChI is InChI=1S/C12H11NO5S/c1-6(14)8-2-3-9-10(12(8)13)4-7(5-11(9)15)19(16,17)18/h2-5,15H,13H2,1H3,(H,16,17,18). The first-order chi connectivity index (χ1) is 8.71. The van der Waals surface area contributed by atoms with Crippen LogP contribution in [0.3, 0.4) is 0 Å². The zero-order chi connectivity index (χ0) is 14.4. The monoisotopic (exact) mass is 281 g/mol. The van der Waals surface area contributed by atoms with Gasteiger partial charge in [-0.15, -0.1) is 0 Å². The molecule has 0 bridgehead atoms. The highest BCUT2D eigenvalue weighted by molar-refractivity contribution is 7.85. The number of ketones is 1. The van der Waals surface area contributed by atoms with Gasteiger partial charge in [0.2, 0.25) is 0 Å². The van der Waals surface area contributed by atoms with Gasteiger partial charge in [0.25, 0.3) is 10.1 Å². The first-order valence-corrected chi connectivity index (χ1v) is 6.69. The first kappa shape index (κ1) is 13.3. The van der Waals surface area contributed by atoms with Crippen LogP contribution < -0.4 is 5.73 Å². The molecular weight excluding hydrogens is 270 g/mol. The van der Waals surface area contributed by atoms with Gasteiger partial charge < -0.3 is 10.8 Å². The number of nitrogen functional groups attached to an aromatic ring is 1. The summed E-state index contributed by atoms with van der Waals surface area (Å²) in [6, 6.07) is 4.95. The van der Waals surface area contributed by atoms with E-state index in [9.17, 15) is 18.3 Å². The van der Waals surface area contributed by atoms with Crippen molar-refractivity contribution in [3.63, 3.8) is 0 Å². The second-order valence-electron chi connectivity index (χ2n) is 4.10. The molecular formula is C12H11NO5S. The summed E-state index contributed by atoms with van der Waals surface area (Å²) in [5, 5.41) is 10.2. The molecule has 0 aliphatic carbocycles. The van der Waals surface area contributed by atoms with E-state index in [0.717, 1.165) is 12.1 Å². The zero-order valence-electron chi connectivity index (χ0n) is 9.91. The van der Waals surface area contributed by atoms with E-state index in [1.165, 1.54) is 19.1 Å². The third kappa shape index (κ3) is 2.25. The molecule has 6 nitrogen and oxygen atoms in total. The molecule has 100 valence electrons. The largest absolute Gasteiger partial charge is 0.507 e. The molecule has 0 amide bonds. The molecule has 0 unspecified atom stereocenters. The second kappa shape index (κ2) is 4.22. The van der Waals surface area contributed by atoms with E-state index in [-0.39, 0.29) is 28.2 Å². The lowest BCUT2D eigenvalue weighted by atomic mass is 10.0. The first-order valence-electron chi connectivity index (χ1n) is 5.25. The summed E-state index contributed by atoms with van der Waals surface area (Å²) in [6.07, 6.45) is 0. The number of hydrogen-bond donors (Lipinski definition) is 3. The number of Topliss-reactive ketones (excluding diaryl/α,β-unsaturated/α-hetero) is 1. The predicted molar refractivity (Wildman–Crippen MR) is 69.8 cm³/mol. The van der Waals surface area contributed by atoms with E-state index in [0.29, 0.717) is 5.39 Å². The Hall–Kier alpha value is -2.12. The van der Waals surface area contributed by atoms with Gasteiger partial charge in [0.1, 0.15) is 5.75 Å². The number of aromatic hydroxyl groups is 1. The summed E-state index contributed by atoms with van der Waals surface area (Å²) < 4.78 is 31.2. The quantitative estimate of drug-likeness (QED) is 0.437. The van der Waals surface area contributed by atoms with Crippen molar-refractivity contribution in [2.45, 2.75) is 11.8 Å². The lowest BCUT2D eigenvalue weighted by molar-refractivity contribution is 0.101. The molecule has 0 aliphatic rings. The fourth-order valence-corrected chi connectivity index (χ4v) is 2.39. The molecule has 0 radical (unpaired) electrons. The molecule has 7 heteroatoms. The van der Waals surface area contributed by atoms with E-state index in [4.69, 9.17) is 10.3 Å². The number of fused-ring (bicyclic) bond motifs is 1. The summed E-state index contributed by atoms with van der Waals surface area (Å²) in [4.78, 5) is 10.9. The van der Waals surface area contributed by atoms with Crippen LogP contribution in [0.5, 0.6) is 5.75 Å². The van der Waals surface area contributed by atoms with Gasteiger partial charge in [0, 0.05) is 22.4 Å². The van der Waals surface area contributed by atoms with Crippen LogP contribution in [0.4, 0.5) is 5.69 Å². The van der Waals surface area contributed by atoms with E-state index < -0.39 is 15.0 Å². The number of phenols is 1. The van der Waals surface area contributed by atoms with Crippen LogP contribution in [0, 0.1) is 0 Å². The normalized spacial score (nSPS) is 11.7. The van der Waals surface area contributed by atoms with Crippen molar-refractivity contribution in [1.82, 2.24) is 0 Å². The van der Waals surface area contributed by atoms with E-state index in [2.05, 4.69) is 0 Å². The van der Waals surface area contributed by atoms with E-state index in [1.54, 1.807) is 0 Å². The number of hydrogen-bond acceptors (Lipinski definition) is 5. The Bertz CT molecular complexity index is 795. The molecule has 0 saturated heterocycles. The highest BCUT2D eigenvalue weighted by atomic mass is 32.2. The fourth-order valence-electron chi connectivity index (χ4n) is 1.87. The smallest absolute Gasteiger partial charge is 0.294 e. The Kier molecular flexibility index (Phi) is 2.95. The van der Waals surface area contributed by atoms with Crippen LogP contribution in [0.2, 0.25) is 0 Å². The summed E-state index contributed by atoms with van der Waals surface area (Å²) >= 11 is 0. The maximum absolute atomic E-state index is 11.4. The molecule has 2 aromatic rings. The number of nitrogens with two attached hydrogens (primary N) is 1. The van der Waals surface area contributed by atoms with Gasteiger partial charge in [0.05, 0.1) is 10.6 Å². The predicted octanol–water partition coefficient (Wildman–Crippen LogP) is 1.58. The van der Waals surface area contributed by atoms with E-state index >= 15 is 0 Å². The molecule has 0 aliphatic heterocycles. The molecule has 0 atom stereocenters. The molecule has 0 fully saturated rings. The van der Waals surface area contributed by atoms with E-state index in [1.807, 2.05) is 0 Å². The molecule has 4 N–H and O–H groups in total. The number of benzene rings is 2. The van der Waals surface area contributed by atoms with Crippen LogP contribution in [0.25, 0.3) is 10.8 Å². The summed E-state index contributed by atoms with van der Waals surface area (Å²) in [5.74, 6) is -0.622. The van der Waals surface area contributed by atoms with Crippen molar-refractivity contribution >= 4 is 32.4 Å². The lowest BCUT2D eigenvalue weighted by Gasteiger charge is -2.09. The van der Waals surface area contributed by atoms with Gasteiger partial charge in [-0.25, -0.2) is 0 Å². The van der Waals surface area contributed by atoms with Gasteiger partial charge in [0.15, 0.2) is 5.78 Å².